The van der Waals surface area contributed by atoms with Gasteiger partial charge in [0.25, 0.3) is 11.5 Å². The number of thiazole rings is 1. The van der Waals surface area contributed by atoms with Gasteiger partial charge >= 0.3 is 0 Å². The van der Waals surface area contributed by atoms with E-state index in [1.807, 2.05) is 12.1 Å². The summed E-state index contributed by atoms with van der Waals surface area (Å²) in [4.78, 5) is 29.9. The van der Waals surface area contributed by atoms with Crippen molar-refractivity contribution < 1.29 is 9.53 Å². The number of hydrogen-bond acceptors (Lipinski definition) is 6. The molecular weight excluding hydrogens is 412 g/mol. The van der Waals surface area contributed by atoms with E-state index in [0.717, 1.165) is 18.4 Å². The number of carbonyl (C=O) groups excluding carboxylic acids is 1. The van der Waals surface area contributed by atoms with E-state index >= 15 is 0 Å². The van der Waals surface area contributed by atoms with Gasteiger partial charge in [-0.15, -0.1) is 11.3 Å². The number of nitrogens with zero attached hydrogens (tertiary/aromatic N) is 2. The largest absolute Gasteiger partial charge is 0.491 e. The second-order valence-corrected chi connectivity index (χ2v) is 9.05. The van der Waals surface area contributed by atoms with Crippen LogP contribution in [0.1, 0.15) is 54.7 Å². The highest BCUT2D eigenvalue weighted by atomic mass is 32.1. The Hall–Kier alpha value is -2.71. The molecule has 0 fully saturated rings. The highest BCUT2D eigenvalue weighted by Crippen LogP contribution is 2.34. The van der Waals surface area contributed by atoms with Crippen molar-refractivity contribution in [2.45, 2.75) is 53.6 Å². The number of carbonyl (C=O) groups is 1. The van der Waals surface area contributed by atoms with Crippen LogP contribution in [0.5, 0.6) is 5.75 Å². The molecule has 4 N–H and O–H groups in total. The molecule has 0 spiro atoms. The van der Waals surface area contributed by atoms with Gasteiger partial charge in [-0.05, 0) is 31.4 Å². The first-order valence-electron chi connectivity index (χ1n) is 10.6. The Kier molecular flexibility index (Phi) is 7.12. The molecule has 166 valence electrons. The van der Waals surface area contributed by atoms with E-state index < -0.39 is 5.91 Å². The van der Waals surface area contributed by atoms with Crippen molar-refractivity contribution in [3.05, 3.63) is 44.8 Å². The fourth-order valence-corrected chi connectivity index (χ4v) is 4.50. The second-order valence-electron chi connectivity index (χ2n) is 8.05. The summed E-state index contributed by atoms with van der Waals surface area (Å²) in [6, 6.07) is 5.56. The second kappa shape index (κ2) is 9.62. The zero-order valence-electron chi connectivity index (χ0n) is 18.5. The lowest BCUT2D eigenvalue weighted by Crippen LogP contribution is -2.28. The molecule has 2 aromatic heterocycles. The zero-order valence-corrected chi connectivity index (χ0v) is 19.3. The predicted molar refractivity (Wildman–Crippen MR) is 126 cm³/mol. The summed E-state index contributed by atoms with van der Waals surface area (Å²) in [6.07, 6.45) is 1.91. The Morgan fingerprint density at radius 2 is 2.03 bits per heavy atom. The predicted octanol–water partition coefficient (Wildman–Crippen LogP) is 3.83. The summed E-state index contributed by atoms with van der Waals surface area (Å²) in [5.41, 5.74) is 13.6. The lowest BCUT2D eigenvalue weighted by Gasteiger charge is -2.20. The number of benzene rings is 1. The van der Waals surface area contributed by atoms with Gasteiger partial charge in [0, 0.05) is 24.0 Å². The lowest BCUT2D eigenvalue weighted by atomic mass is 10.1. The van der Waals surface area contributed by atoms with E-state index in [-0.39, 0.29) is 18.0 Å². The monoisotopic (exact) mass is 442 g/mol. The molecule has 0 atom stereocenters. The summed E-state index contributed by atoms with van der Waals surface area (Å²) in [5, 5.41) is 1.97. The molecule has 31 heavy (non-hydrogen) atoms. The number of nitrogens with two attached hydrogens (primary N) is 2. The minimum atomic E-state index is -0.493. The molecule has 3 rings (SSSR count). The molecule has 0 saturated carbocycles. The maximum atomic E-state index is 13.3. The van der Waals surface area contributed by atoms with Crippen molar-refractivity contribution in [1.29, 1.82) is 0 Å². The van der Waals surface area contributed by atoms with Gasteiger partial charge in [-0.2, -0.15) is 0 Å². The molecule has 3 aromatic rings. The summed E-state index contributed by atoms with van der Waals surface area (Å²) in [6.45, 7) is 9.32. The Balaban J connectivity index is 2.25. The van der Waals surface area contributed by atoms with Crippen LogP contribution in [0.25, 0.3) is 21.3 Å². The van der Waals surface area contributed by atoms with Crippen LogP contribution in [0, 0.1) is 12.8 Å². The fourth-order valence-electron chi connectivity index (χ4n) is 3.59. The molecule has 1 aromatic carbocycles. The third-order valence-corrected chi connectivity index (χ3v) is 6.30. The summed E-state index contributed by atoms with van der Waals surface area (Å²) in [5.74, 6) is 0.442. The molecule has 0 aliphatic carbocycles. The third kappa shape index (κ3) is 4.65. The van der Waals surface area contributed by atoms with Crippen molar-refractivity contribution in [2.24, 2.45) is 17.4 Å². The Morgan fingerprint density at radius 1 is 1.29 bits per heavy atom. The van der Waals surface area contributed by atoms with E-state index in [1.54, 1.807) is 17.6 Å². The Morgan fingerprint density at radius 3 is 2.61 bits per heavy atom. The van der Waals surface area contributed by atoms with Crippen molar-refractivity contribution in [2.75, 3.05) is 6.61 Å². The van der Waals surface area contributed by atoms with Gasteiger partial charge in [0.1, 0.15) is 15.6 Å². The minimum absolute atomic E-state index is 0.0771. The van der Waals surface area contributed by atoms with Crippen molar-refractivity contribution in [3.63, 3.8) is 0 Å². The van der Waals surface area contributed by atoms with E-state index in [9.17, 15) is 9.59 Å². The molecule has 0 saturated heterocycles. The van der Waals surface area contributed by atoms with Gasteiger partial charge in [0.2, 0.25) is 0 Å². The van der Waals surface area contributed by atoms with Crippen LogP contribution in [0.4, 0.5) is 0 Å². The first kappa shape index (κ1) is 23.0. The maximum Gasteiger partial charge on any atom is 0.260 e. The number of primary amides is 1. The number of ether oxygens (including phenoxy) is 1. The van der Waals surface area contributed by atoms with Gasteiger partial charge in [-0.1, -0.05) is 33.3 Å². The number of pyridine rings is 1. The molecule has 8 heteroatoms. The van der Waals surface area contributed by atoms with Gasteiger partial charge < -0.3 is 20.8 Å². The van der Waals surface area contributed by atoms with E-state index in [1.165, 1.54) is 11.3 Å². The molecular formula is C23H30N4O3S. The number of rotatable bonds is 9. The van der Waals surface area contributed by atoms with Crippen LogP contribution in [0.3, 0.4) is 0 Å². The lowest BCUT2D eigenvalue weighted by molar-refractivity contribution is 0.100. The maximum absolute atomic E-state index is 13.3. The minimum Gasteiger partial charge on any atom is -0.491 e. The molecule has 0 unspecified atom stereocenters. The number of hydrogen-bond donors (Lipinski definition) is 2. The van der Waals surface area contributed by atoms with Gasteiger partial charge in [-0.25, -0.2) is 4.98 Å². The Labute approximate surface area is 186 Å². The topological polar surface area (TPSA) is 113 Å². The highest BCUT2D eigenvalue weighted by Gasteiger charge is 2.20. The van der Waals surface area contributed by atoms with Crippen molar-refractivity contribution in [1.82, 2.24) is 9.55 Å². The van der Waals surface area contributed by atoms with Gasteiger partial charge in [0.15, 0.2) is 0 Å². The molecule has 0 aliphatic heterocycles. The third-order valence-electron chi connectivity index (χ3n) is 5.08. The first-order chi connectivity index (χ1) is 14.8. The zero-order chi connectivity index (χ0) is 22.7. The average Bonchev–Trinajstić information content (AvgIpc) is 3.12. The van der Waals surface area contributed by atoms with E-state index in [0.29, 0.717) is 50.9 Å². The highest BCUT2D eigenvalue weighted by molar-refractivity contribution is 7.17. The average molecular weight is 443 g/mol. The van der Waals surface area contributed by atoms with Crippen LogP contribution in [-0.4, -0.2) is 22.1 Å². The fraction of sp³-hybridized carbons (Fsp3) is 0.435. The number of amides is 1. The molecule has 0 aliphatic rings. The van der Waals surface area contributed by atoms with Crippen LogP contribution in [0.15, 0.2) is 23.0 Å². The summed E-state index contributed by atoms with van der Waals surface area (Å²) >= 11 is 1.25. The van der Waals surface area contributed by atoms with Crippen molar-refractivity contribution >= 4 is 28.0 Å². The summed E-state index contributed by atoms with van der Waals surface area (Å²) < 4.78 is 7.93. The SMILES string of the molecule is CCCCOc1c(CN)n(CC(C)C)c(=O)c2ccc(-c3nc(C)c(C(N)=O)s3)cc12. The van der Waals surface area contributed by atoms with Crippen LogP contribution < -0.4 is 21.8 Å². The summed E-state index contributed by atoms with van der Waals surface area (Å²) in [7, 11) is 0. The Bertz CT molecular complexity index is 1160. The standard InChI is InChI=1S/C23H30N4O3S/c1-5-6-9-30-19-17-10-15(22-26-14(4)20(31-22)21(25)28)7-8-16(17)23(29)27(12-13(2)3)18(19)11-24/h7-8,10,13H,5-6,9,11-12,24H2,1-4H3,(H2,25,28). The van der Waals surface area contributed by atoms with Crippen LogP contribution >= 0.6 is 11.3 Å². The number of aromatic nitrogens is 2. The number of fused-ring (bicyclic) bond motifs is 1. The smallest absolute Gasteiger partial charge is 0.260 e. The van der Waals surface area contributed by atoms with Crippen molar-refractivity contribution in [3.8, 4) is 16.3 Å². The van der Waals surface area contributed by atoms with Crippen LogP contribution in [0.2, 0.25) is 0 Å². The number of aryl methyl sites for hydroxylation is 1. The molecule has 2 heterocycles. The quantitative estimate of drug-likeness (QED) is 0.489. The number of unbranched alkanes of at least 4 members (excludes halogenated alkanes) is 1. The normalized spacial score (nSPS) is 11.4. The molecule has 0 bridgehead atoms. The molecule has 0 radical (unpaired) electrons. The van der Waals surface area contributed by atoms with Crippen LogP contribution in [-0.2, 0) is 13.1 Å². The molecule has 7 nitrogen and oxygen atoms in total. The molecule has 1 amide bonds. The van der Waals surface area contributed by atoms with E-state index in [4.69, 9.17) is 16.2 Å². The first-order valence-corrected chi connectivity index (χ1v) is 11.4. The van der Waals surface area contributed by atoms with Gasteiger partial charge in [-0.3, -0.25) is 9.59 Å². The van der Waals surface area contributed by atoms with Gasteiger partial charge in [0.05, 0.1) is 23.4 Å². The van der Waals surface area contributed by atoms with E-state index in [2.05, 4.69) is 25.8 Å².